The fourth-order valence-corrected chi connectivity index (χ4v) is 8.40. The van der Waals surface area contributed by atoms with Crippen LogP contribution in [-0.2, 0) is 31.6 Å². The number of benzene rings is 4. The van der Waals surface area contributed by atoms with Crippen molar-refractivity contribution in [2.24, 2.45) is 5.92 Å². The number of rotatable bonds is 6. The molecule has 4 aromatic carbocycles. The number of carbonyl (C=O) groups excluding carboxylic acids is 2. The number of sulfonamides is 1. The zero-order valence-electron chi connectivity index (χ0n) is 25.0. The number of nitrogens with zero attached hydrogens (tertiary/aromatic N) is 2. The molecule has 2 aliphatic heterocycles. The van der Waals surface area contributed by atoms with Crippen LogP contribution in [0, 0.1) is 26.7 Å². The van der Waals surface area contributed by atoms with Crippen molar-refractivity contribution in [2.45, 2.75) is 44.6 Å². The normalized spacial score (nSPS) is 19.7. The zero-order chi connectivity index (χ0) is 31.4. The molecule has 0 saturated carbocycles. The van der Waals surface area contributed by atoms with Gasteiger partial charge in [0.25, 0.3) is 10.0 Å². The molecule has 4 aromatic rings. The number of anilines is 1. The number of aryl methyl sites for hydroxylation is 3. The first-order valence-corrected chi connectivity index (χ1v) is 16.3. The molecule has 1 spiro atoms. The van der Waals surface area contributed by atoms with Gasteiger partial charge in [-0.05, 0) is 69.2 Å². The smallest absolute Gasteiger partial charge is 0.264 e. The molecule has 2 heterocycles. The maximum atomic E-state index is 14.9. The van der Waals surface area contributed by atoms with Crippen molar-refractivity contribution in [1.29, 1.82) is 0 Å². The van der Waals surface area contributed by atoms with E-state index >= 15 is 0 Å². The Morgan fingerprint density at radius 2 is 1.52 bits per heavy atom. The van der Waals surface area contributed by atoms with Crippen LogP contribution in [0.25, 0.3) is 5.70 Å². The minimum atomic E-state index is -4.14. The fourth-order valence-electron chi connectivity index (χ4n) is 6.67. The molecular weight excluding hydrogens is 592 g/mol. The molecule has 0 N–H and O–H groups in total. The van der Waals surface area contributed by atoms with Crippen LogP contribution in [0.2, 0.25) is 5.02 Å². The number of para-hydroxylation sites is 1. The maximum absolute atomic E-state index is 14.9. The number of carbonyl (C=O) groups is 2. The Balaban J connectivity index is 1.60. The Labute approximate surface area is 263 Å². The molecule has 0 aromatic heterocycles. The summed E-state index contributed by atoms with van der Waals surface area (Å²) in [4.78, 5) is 30.3. The summed E-state index contributed by atoms with van der Waals surface area (Å²) in [6.45, 7) is 7.44. The molecule has 2 aliphatic rings. The fraction of sp³-hybridized carbons (Fsp3) is 0.222. The third-order valence-corrected chi connectivity index (χ3v) is 10.8. The quantitative estimate of drug-likeness (QED) is 0.232. The molecule has 0 radical (unpaired) electrons. The van der Waals surface area contributed by atoms with Gasteiger partial charge < -0.3 is 4.90 Å². The summed E-state index contributed by atoms with van der Waals surface area (Å²) in [6.07, 6.45) is 1.68. The van der Waals surface area contributed by atoms with Gasteiger partial charge in [0.1, 0.15) is 11.2 Å². The molecule has 0 bridgehead atoms. The van der Waals surface area contributed by atoms with E-state index in [9.17, 15) is 18.0 Å². The summed E-state index contributed by atoms with van der Waals surface area (Å²) in [7, 11) is -4.14. The van der Waals surface area contributed by atoms with Crippen molar-refractivity contribution < 1.29 is 18.0 Å². The van der Waals surface area contributed by atoms with Gasteiger partial charge in [0, 0.05) is 22.8 Å². The highest BCUT2D eigenvalue weighted by Gasteiger charge is 2.59. The molecule has 8 heteroatoms. The van der Waals surface area contributed by atoms with Gasteiger partial charge in [-0.25, -0.2) is 8.42 Å². The Hall–Kier alpha value is -4.20. The van der Waals surface area contributed by atoms with Gasteiger partial charge in [0.15, 0.2) is 0 Å². The van der Waals surface area contributed by atoms with Gasteiger partial charge in [0.05, 0.1) is 23.1 Å². The third kappa shape index (κ3) is 4.84. The highest BCUT2D eigenvalue weighted by molar-refractivity contribution is 7.89. The number of hydrogen-bond acceptors (Lipinski definition) is 4. The number of halogens is 1. The molecule has 0 saturated heterocycles. The van der Waals surface area contributed by atoms with Crippen LogP contribution >= 0.6 is 11.6 Å². The summed E-state index contributed by atoms with van der Waals surface area (Å²) in [6, 6.07) is 27.2. The van der Waals surface area contributed by atoms with Crippen molar-refractivity contribution in [3.63, 3.8) is 0 Å². The van der Waals surface area contributed by atoms with Gasteiger partial charge in [-0.3, -0.25) is 13.9 Å². The second-order valence-corrected chi connectivity index (χ2v) is 14.1. The SMILES string of the molecule is CC(=O)[C@@H]1CN(S(=O)(=O)c2ccc(C)cc2)C(c2ccccc2Cl)=C[C@]12C(=O)N(Cc1cc(C)cc(C)c1)c1ccccc12. The highest BCUT2D eigenvalue weighted by Crippen LogP contribution is 2.53. The van der Waals surface area contributed by atoms with E-state index in [2.05, 4.69) is 18.2 Å². The summed E-state index contributed by atoms with van der Waals surface area (Å²) in [5.74, 6) is -1.53. The summed E-state index contributed by atoms with van der Waals surface area (Å²) in [5.41, 5.74) is 4.74. The van der Waals surface area contributed by atoms with E-state index < -0.39 is 21.4 Å². The second-order valence-electron chi connectivity index (χ2n) is 11.8. The lowest BCUT2D eigenvalue weighted by Crippen LogP contribution is -2.54. The van der Waals surface area contributed by atoms with Crippen molar-refractivity contribution in [3.8, 4) is 0 Å². The Morgan fingerprint density at radius 1 is 0.886 bits per heavy atom. The average molecular weight is 625 g/mol. The summed E-state index contributed by atoms with van der Waals surface area (Å²) in [5, 5.41) is 0.338. The van der Waals surface area contributed by atoms with Gasteiger partial charge >= 0.3 is 0 Å². The van der Waals surface area contributed by atoms with Gasteiger partial charge in [-0.15, -0.1) is 0 Å². The van der Waals surface area contributed by atoms with Crippen LogP contribution in [0.3, 0.4) is 0 Å². The highest BCUT2D eigenvalue weighted by atomic mass is 35.5. The van der Waals surface area contributed by atoms with Gasteiger partial charge in [-0.2, -0.15) is 0 Å². The first-order valence-electron chi connectivity index (χ1n) is 14.5. The molecule has 1 amide bonds. The Morgan fingerprint density at radius 3 is 2.18 bits per heavy atom. The van der Waals surface area contributed by atoms with Crippen molar-refractivity contribution in [3.05, 3.63) is 135 Å². The van der Waals surface area contributed by atoms with Crippen molar-refractivity contribution in [2.75, 3.05) is 11.4 Å². The van der Waals surface area contributed by atoms with E-state index in [-0.39, 0.29) is 28.8 Å². The minimum absolute atomic E-state index is 0.0916. The molecule has 6 nitrogen and oxygen atoms in total. The summed E-state index contributed by atoms with van der Waals surface area (Å²) >= 11 is 6.71. The number of hydrogen-bond donors (Lipinski definition) is 0. The molecule has 44 heavy (non-hydrogen) atoms. The first-order chi connectivity index (χ1) is 20.9. The second kappa shape index (κ2) is 11.1. The Kier molecular flexibility index (Phi) is 7.50. The van der Waals surface area contributed by atoms with E-state index in [0.717, 1.165) is 22.3 Å². The average Bonchev–Trinajstić information content (AvgIpc) is 3.20. The molecule has 0 unspecified atom stereocenters. The Bertz CT molecular complexity index is 1930. The predicted octanol–water partition coefficient (Wildman–Crippen LogP) is 7.00. The van der Waals surface area contributed by atoms with Crippen molar-refractivity contribution >= 4 is 44.7 Å². The molecule has 0 fully saturated rings. The lowest BCUT2D eigenvalue weighted by molar-refractivity contribution is -0.131. The van der Waals surface area contributed by atoms with E-state index in [1.807, 2.05) is 45.0 Å². The van der Waals surface area contributed by atoms with Gasteiger partial charge in [0.2, 0.25) is 5.91 Å². The monoisotopic (exact) mass is 624 g/mol. The first kappa shape index (κ1) is 29.9. The molecule has 0 aliphatic carbocycles. The van der Waals surface area contributed by atoms with Crippen LogP contribution in [0.1, 0.15) is 40.3 Å². The summed E-state index contributed by atoms with van der Waals surface area (Å²) < 4.78 is 29.8. The molecular formula is C36H33ClN2O4S. The predicted molar refractivity (Wildman–Crippen MR) is 174 cm³/mol. The van der Waals surface area contributed by atoms with Crippen LogP contribution < -0.4 is 4.90 Å². The lowest BCUT2D eigenvalue weighted by Gasteiger charge is -2.43. The number of fused-ring (bicyclic) bond motifs is 2. The van der Waals surface area contributed by atoms with Crippen LogP contribution in [0.4, 0.5) is 5.69 Å². The zero-order valence-corrected chi connectivity index (χ0v) is 26.6. The molecule has 6 rings (SSSR count). The van der Waals surface area contributed by atoms with Crippen molar-refractivity contribution in [1.82, 2.24) is 4.31 Å². The van der Waals surface area contributed by atoms with E-state index in [1.54, 1.807) is 59.5 Å². The largest absolute Gasteiger partial charge is 0.307 e. The van der Waals surface area contributed by atoms with E-state index in [1.165, 1.54) is 11.2 Å². The molecule has 2 atom stereocenters. The lowest BCUT2D eigenvalue weighted by atomic mass is 9.67. The van der Waals surface area contributed by atoms with E-state index in [0.29, 0.717) is 28.4 Å². The standard InChI is InChI=1S/C36H33ClN2O4S/c1-23-13-15-28(16-14-23)44(42,43)39-22-31(26(4)40)36(20-34(39)29-9-5-7-11-32(29)37)30-10-6-8-12-33(30)38(35(36)41)21-27-18-24(2)17-25(3)19-27/h5-20,31H,21-22H2,1-4H3/t31-,36+/m0/s1. The number of ketones is 1. The molecule has 224 valence electrons. The van der Waals surface area contributed by atoms with Crippen LogP contribution in [-0.4, -0.2) is 31.0 Å². The van der Waals surface area contributed by atoms with Gasteiger partial charge in [-0.1, -0.05) is 95.0 Å². The topological polar surface area (TPSA) is 74.8 Å². The minimum Gasteiger partial charge on any atom is -0.307 e. The maximum Gasteiger partial charge on any atom is 0.264 e. The van der Waals surface area contributed by atoms with Crippen LogP contribution in [0.15, 0.2) is 102 Å². The number of amides is 1. The number of Topliss-reactive ketones (excluding diaryl/α,β-unsaturated/α-hetero) is 1. The van der Waals surface area contributed by atoms with Crippen LogP contribution in [0.5, 0.6) is 0 Å². The van der Waals surface area contributed by atoms with E-state index in [4.69, 9.17) is 11.6 Å². The third-order valence-electron chi connectivity index (χ3n) is 8.64.